The van der Waals surface area contributed by atoms with Gasteiger partial charge in [0.15, 0.2) is 0 Å². The average molecular weight is 543 g/mol. The number of hydrogen-bond donors (Lipinski definition) is 1. The van der Waals surface area contributed by atoms with Gasteiger partial charge in [0.1, 0.15) is 5.69 Å². The fraction of sp³-hybridized carbons (Fsp3) is 0.0667. The summed E-state index contributed by atoms with van der Waals surface area (Å²) in [4.78, 5) is 26.0. The maximum Gasteiger partial charge on any atom is 0.416 e. The Morgan fingerprint density at radius 3 is 2.12 bits per heavy atom. The number of carbonyl (C=O) groups excluding carboxylic acids is 2. The lowest BCUT2D eigenvalue weighted by molar-refractivity contribution is -0.137. The molecule has 5 rings (SSSR count). The van der Waals surface area contributed by atoms with E-state index < -0.39 is 23.6 Å². The summed E-state index contributed by atoms with van der Waals surface area (Å²) in [5.41, 5.74) is 2.37. The average Bonchev–Trinajstić information content (AvgIpc) is 3.48. The Balaban J connectivity index is 1.61. The molecule has 0 unspecified atom stereocenters. The normalized spacial score (nSPS) is 11.2. The van der Waals surface area contributed by atoms with Gasteiger partial charge in [0.05, 0.1) is 35.8 Å². The molecule has 0 saturated heterocycles. The van der Waals surface area contributed by atoms with Crippen molar-refractivity contribution in [3.8, 4) is 28.1 Å². The topological polar surface area (TPSA) is 86.1 Å². The van der Waals surface area contributed by atoms with Crippen molar-refractivity contribution in [3.63, 3.8) is 0 Å². The van der Waals surface area contributed by atoms with Gasteiger partial charge in [0.25, 0.3) is 5.91 Å². The van der Waals surface area contributed by atoms with E-state index in [-0.39, 0.29) is 11.3 Å². The lowest BCUT2D eigenvalue weighted by Crippen LogP contribution is -2.17. The van der Waals surface area contributed by atoms with Crippen molar-refractivity contribution in [1.29, 1.82) is 0 Å². The van der Waals surface area contributed by atoms with Crippen molar-refractivity contribution < 1.29 is 27.5 Å². The molecule has 0 radical (unpaired) electrons. The molecule has 0 bridgehead atoms. The molecule has 1 heterocycles. The molecule has 0 atom stereocenters. The van der Waals surface area contributed by atoms with E-state index in [4.69, 9.17) is 4.74 Å². The Hall–Kier alpha value is -5.25. The third-order valence-electron chi connectivity index (χ3n) is 6.15. The van der Waals surface area contributed by atoms with Crippen LogP contribution in [0.4, 0.5) is 18.9 Å². The summed E-state index contributed by atoms with van der Waals surface area (Å²) in [6, 6.07) is 25.5. The van der Waals surface area contributed by atoms with Crippen LogP contribution in [0, 0.1) is 0 Å². The minimum Gasteiger partial charge on any atom is -0.465 e. The van der Waals surface area contributed by atoms with E-state index in [0.29, 0.717) is 33.6 Å². The predicted octanol–water partition coefficient (Wildman–Crippen LogP) is 6.66. The number of nitrogens with one attached hydrogen (secondary N) is 1. The number of esters is 1. The fourth-order valence-electron chi connectivity index (χ4n) is 4.14. The van der Waals surface area contributed by atoms with Gasteiger partial charge in [0, 0.05) is 16.7 Å². The summed E-state index contributed by atoms with van der Waals surface area (Å²) >= 11 is 0. The van der Waals surface area contributed by atoms with Gasteiger partial charge in [-0.2, -0.15) is 13.2 Å². The third-order valence-corrected chi connectivity index (χ3v) is 6.15. The summed E-state index contributed by atoms with van der Waals surface area (Å²) in [7, 11) is 1.23. The predicted molar refractivity (Wildman–Crippen MR) is 143 cm³/mol. The van der Waals surface area contributed by atoms with Crippen molar-refractivity contribution in [2.45, 2.75) is 6.18 Å². The molecule has 10 heteroatoms. The zero-order valence-electron chi connectivity index (χ0n) is 21.0. The number of halogens is 3. The van der Waals surface area contributed by atoms with Crippen LogP contribution in [0.3, 0.4) is 0 Å². The van der Waals surface area contributed by atoms with Crippen molar-refractivity contribution in [3.05, 3.63) is 120 Å². The molecule has 0 saturated carbocycles. The number of carbonyl (C=O) groups is 2. The molecule has 0 aliphatic rings. The number of benzene rings is 4. The number of nitrogens with zero attached hydrogens (tertiary/aromatic N) is 3. The first-order chi connectivity index (χ1) is 19.2. The van der Waals surface area contributed by atoms with Gasteiger partial charge in [-0.3, -0.25) is 4.79 Å². The number of anilines is 1. The molecule has 5 aromatic rings. The molecule has 0 fully saturated rings. The van der Waals surface area contributed by atoms with Gasteiger partial charge in [-0.1, -0.05) is 65.9 Å². The van der Waals surface area contributed by atoms with E-state index in [0.717, 1.165) is 12.1 Å². The number of rotatable bonds is 6. The molecule has 1 amide bonds. The van der Waals surface area contributed by atoms with E-state index in [2.05, 4.69) is 15.6 Å². The number of alkyl halides is 3. The summed E-state index contributed by atoms with van der Waals surface area (Å²) in [5.74, 6) is -1.11. The number of amides is 1. The highest BCUT2D eigenvalue weighted by Gasteiger charge is 2.30. The standard InChI is InChI=1S/C30H21F3N4O3/c1-40-29(39)25-17-23(37-18-26(35-36-37)20-12-14-22(15-13-20)30(31,32)33)16-24(19-8-4-2-5-9-19)27(25)34-28(38)21-10-6-3-7-11-21/h2-18H,1H3,(H,34,38). The zero-order valence-corrected chi connectivity index (χ0v) is 21.0. The van der Waals surface area contributed by atoms with Crippen LogP contribution in [0.2, 0.25) is 0 Å². The van der Waals surface area contributed by atoms with Crippen LogP contribution in [0.15, 0.2) is 103 Å². The Morgan fingerprint density at radius 1 is 0.850 bits per heavy atom. The van der Waals surface area contributed by atoms with Crippen LogP contribution in [-0.2, 0) is 10.9 Å². The number of ether oxygens (including phenoxy) is 1. The largest absolute Gasteiger partial charge is 0.465 e. The molecule has 200 valence electrons. The SMILES string of the molecule is COC(=O)c1cc(-n2cc(-c3ccc(C(F)(F)F)cc3)nn2)cc(-c2ccccc2)c1NC(=O)c1ccccc1. The van der Waals surface area contributed by atoms with Crippen molar-refractivity contribution in [1.82, 2.24) is 15.0 Å². The molecule has 0 aliphatic heterocycles. The van der Waals surface area contributed by atoms with Gasteiger partial charge in [-0.05, 0) is 42.0 Å². The molecule has 1 aromatic heterocycles. The third kappa shape index (κ3) is 5.46. The molecular weight excluding hydrogens is 521 g/mol. The molecule has 1 N–H and O–H groups in total. The monoisotopic (exact) mass is 542 g/mol. The summed E-state index contributed by atoms with van der Waals surface area (Å²) in [5, 5.41) is 11.1. The number of hydrogen-bond acceptors (Lipinski definition) is 5. The lowest BCUT2D eigenvalue weighted by atomic mass is 9.98. The highest BCUT2D eigenvalue weighted by atomic mass is 19.4. The molecular formula is C30H21F3N4O3. The van der Waals surface area contributed by atoms with Crippen molar-refractivity contribution in [2.24, 2.45) is 0 Å². The van der Waals surface area contributed by atoms with E-state index in [9.17, 15) is 22.8 Å². The highest BCUT2D eigenvalue weighted by molar-refractivity contribution is 6.11. The van der Waals surface area contributed by atoms with Crippen molar-refractivity contribution >= 4 is 17.6 Å². The van der Waals surface area contributed by atoms with E-state index >= 15 is 0 Å². The summed E-state index contributed by atoms with van der Waals surface area (Å²) < 4.78 is 45.3. The molecule has 0 spiro atoms. The van der Waals surface area contributed by atoms with Crippen molar-refractivity contribution in [2.75, 3.05) is 12.4 Å². The first kappa shape index (κ1) is 26.4. The molecule has 7 nitrogen and oxygen atoms in total. The quantitative estimate of drug-likeness (QED) is 0.243. The second-order valence-corrected chi connectivity index (χ2v) is 8.72. The fourth-order valence-corrected chi connectivity index (χ4v) is 4.14. The van der Waals surface area contributed by atoms with Crippen LogP contribution < -0.4 is 5.32 Å². The smallest absolute Gasteiger partial charge is 0.416 e. The second kappa shape index (κ2) is 10.9. The molecule has 0 aliphatic carbocycles. The van der Waals surface area contributed by atoms with E-state index in [1.54, 1.807) is 36.4 Å². The first-order valence-electron chi connectivity index (χ1n) is 12.0. The maximum atomic E-state index is 13.1. The van der Waals surface area contributed by atoms with Crippen LogP contribution >= 0.6 is 0 Å². The van der Waals surface area contributed by atoms with Crippen LogP contribution in [-0.4, -0.2) is 34.0 Å². The van der Waals surface area contributed by atoms with Crippen LogP contribution in [0.5, 0.6) is 0 Å². The molecule has 40 heavy (non-hydrogen) atoms. The summed E-state index contributed by atoms with van der Waals surface area (Å²) in [6.45, 7) is 0. The van der Waals surface area contributed by atoms with Crippen LogP contribution in [0.25, 0.3) is 28.1 Å². The minimum absolute atomic E-state index is 0.0784. The maximum absolute atomic E-state index is 13.1. The number of methoxy groups -OCH3 is 1. The van der Waals surface area contributed by atoms with Gasteiger partial charge in [-0.25, -0.2) is 9.48 Å². The number of aromatic nitrogens is 3. The Labute approximate surface area is 226 Å². The summed E-state index contributed by atoms with van der Waals surface area (Å²) in [6.07, 6.45) is -2.91. The molecule has 4 aromatic carbocycles. The first-order valence-corrected chi connectivity index (χ1v) is 12.0. The van der Waals surface area contributed by atoms with Gasteiger partial charge < -0.3 is 10.1 Å². The van der Waals surface area contributed by atoms with Gasteiger partial charge in [0.2, 0.25) is 0 Å². The van der Waals surface area contributed by atoms with E-state index in [1.165, 1.54) is 36.2 Å². The Kier molecular flexibility index (Phi) is 7.15. The minimum atomic E-state index is -4.45. The lowest BCUT2D eigenvalue weighted by Gasteiger charge is -2.17. The van der Waals surface area contributed by atoms with Gasteiger partial charge >= 0.3 is 12.1 Å². The Bertz CT molecular complexity index is 1670. The Morgan fingerprint density at radius 2 is 1.50 bits per heavy atom. The van der Waals surface area contributed by atoms with Crippen LogP contribution in [0.1, 0.15) is 26.3 Å². The van der Waals surface area contributed by atoms with Gasteiger partial charge in [-0.15, -0.1) is 5.10 Å². The highest BCUT2D eigenvalue weighted by Crippen LogP contribution is 2.35. The zero-order chi connectivity index (χ0) is 28.3. The second-order valence-electron chi connectivity index (χ2n) is 8.72. The van der Waals surface area contributed by atoms with E-state index in [1.807, 2.05) is 30.3 Å².